The molecule has 0 aliphatic heterocycles. The summed E-state index contributed by atoms with van der Waals surface area (Å²) in [5, 5.41) is 19.9. The number of ether oxygens (including phenoxy) is 2. The van der Waals surface area contributed by atoms with Crippen molar-refractivity contribution in [3.63, 3.8) is 0 Å². The molecule has 5 heteroatoms. The largest absolute Gasteiger partial charge is 0.497 e. The first-order chi connectivity index (χ1) is 12.0. The van der Waals surface area contributed by atoms with Crippen molar-refractivity contribution in [3.05, 3.63) is 65.7 Å². The Kier molecular flexibility index (Phi) is 6.98. The van der Waals surface area contributed by atoms with Crippen LogP contribution in [0.1, 0.15) is 18.1 Å². The number of methoxy groups -OCH3 is 1. The molecule has 0 heterocycles. The van der Waals surface area contributed by atoms with Crippen molar-refractivity contribution in [1.82, 2.24) is 0 Å². The summed E-state index contributed by atoms with van der Waals surface area (Å²) in [6.45, 7) is 1.98. The average Bonchev–Trinajstić information content (AvgIpc) is 2.64. The molecule has 0 spiro atoms. The SMILES string of the molecule is COc1ccc(CO[C@@H](C)[C@H](O)[C@@H](Cc2ccccc2)C(=O)O)cc1. The molecule has 2 aromatic rings. The molecule has 0 aliphatic carbocycles. The van der Waals surface area contributed by atoms with Crippen LogP contribution in [-0.2, 0) is 22.6 Å². The number of hydrogen-bond donors (Lipinski definition) is 2. The maximum Gasteiger partial charge on any atom is 0.309 e. The van der Waals surface area contributed by atoms with Gasteiger partial charge in [0, 0.05) is 0 Å². The Hall–Kier alpha value is -2.37. The topological polar surface area (TPSA) is 76.0 Å². The van der Waals surface area contributed by atoms with Gasteiger partial charge >= 0.3 is 5.97 Å². The van der Waals surface area contributed by atoms with Crippen LogP contribution in [0.4, 0.5) is 0 Å². The van der Waals surface area contributed by atoms with Crippen molar-refractivity contribution in [2.24, 2.45) is 5.92 Å². The van der Waals surface area contributed by atoms with E-state index < -0.39 is 24.1 Å². The summed E-state index contributed by atoms with van der Waals surface area (Å²) in [6, 6.07) is 16.7. The zero-order chi connectivity index (χ0) is 18.2. The second-order valence-corrected chi connectivity index (χ2v) is 5.99. The number of carboxylic acid groups (broad SMARTS) is 1. The predicted molar refractivity (Wildman–Crippen MR) is 94.5 cm³/mol. The summed E-state index contributed by atoms with van der Waals surface area (Å²) in [5.74, 6) is -1.20. The molecule has 0 fully saturated rings. The molecule has 0 bridgehead atoms. The molecule has 2 aromatic carbocycles. The first-order valence-corrected chi connectivity index (χ1v) is 8.20. The van der Waals surface area contributed by atoms with E-state index in [0.717, 1.165) is 16.9 Å². The van der Waals surface area contributed by atoms with Gasteiger partial charge in [-0.2, -0.15) is 0 Å². The van der Waals surface area contributed by atoms with Crippen molar-refractivity contribution in [2.75, 3.05) is 7.11 Å². The number of aliphatic hydroxyl groups is 1. The number of hydrogen-bond acceptors (Lipinski definition) is 4. The fraction of sp³-hybridized carbons (Fsp3) is 0.350. The van der Waals surface area contributed by atoms with Gasteiger partial charge < -0.3 is 19.7 Å². The molecule has 5 nitrogen and oxygen atoms in total. The summed E-state index contributed by atoms with van der Waals surface area (Å²) in [6.07, 6.45) is -1.45. The van der Waals surface area contributed by atoms with Crippen LogP contribution in [0.2, 0.25) is 0 Å². The number of carbonyl (C=O) groups is 1. The molecular weight excluding hydrogens is 320 g/mol. The van der Waals surface area contributed by atoms with Crippen LogP contribution < -0.4 is 4.74 Å². The van der Waals surface area contributed by atoms with Crippen molar-refractivity contribution in [1.29, 1.82) is 0 Å². The second-order valence-electron chi connectivity index (χ2n) is 5.99. The molecule has 2 rings (SSSR count). The Morgan fingerprint density at radius 1 is 1.04 bits per heavy atom. The number of aliphatic carboxylic acids is 1. The number of rotatable bonds is 9. The van der Waals surface area contributed by atoms with E-state index in [4.69, 9.17) is 9.47 Å². The van der Waals surface area contributed by atoms with Crippen LogP contribution in [0.5, 0.6) is 5.75 Å². The second kappa shape index (κ2) is 9.20. The molecule has 25 heavy (non-hydrogen) atoms. The summed E-state index contributed by atoms with van der Waals surface area (Å²) < 4.78 is 10.8. The van der Waals surface area contributed by atoms with Crippen molar-refractivity contribution >= 4 is 5.97 Å². The molecule has 0 saturated heterocycles. The third-order valence-corrected chi connectivity index (χ3v) is 4.18. The van der Waals surface area contributed by atoms with Crippen molar-refractivity contribution in [2.45, 2.75) is 32.2 Å². The summed E-state index contributed by atoms with van der Waals surface area (Å²) in [5.41, 5.74) is 1.80. The average molecular weight is 344 g/mol. The minimum atomic E-state index is -1.10. The molecule has 0 aliphatic rings. The molecule has 0 unspecified atom stereocenters. The zero-order valence-corrected chi connectivity index (χ0v) is 14.5. The van der Waals surface area contributed by atoms with Crippen LogP contribution >= 0.6 is 0 Å². The van der Waals surface area contributed by atoms with Crippen molar-refractivity contribution < 1.29 is 24.5 Å². The summed E-state index contributed by atoms with van der Waals surface area (Å²) in [7, 11) is 1.60. The number of carboxylic acids is 1. The monoisotopic (exact) mass is 344 g/mol. The fourth-order valence-corrected chi connectivity index (χ4v) is 2.60. The van der Waals surface area contributed by atoms with Crippen molar-refractivity contribution in [3.8, 4) is 5.75 Å². The van der Waals surface area contributed by atoms with Gasteiger partial charge in [-0.1, -0.05) is 42.5 Å². The normalized spacial score (nSPS) is 14.5. The molecular formula is C20H24O5. The van der Waals surface area contributed by atoms with E-state index in [-0.39, 0.29) is 6.42 Å². The highest BCUT2D eigenvalue weighted by molar-refractivity contribution is 5.71. The molecule has 0 amide bonds. The van der Waals surface area contributed by atoms with Gasteiger partial charge in [-0.25, -0.2) is 0 Å². The van der Waals surface area contributed by atoms with Gasteiger partial charge in [0.25, 0.3) is 0 Å². The first kappa shape index (κ1) is 19.0. The molecule has 134 valence electrons. The lowest BCUT2D eigenvalue weighted by molar-refractivity contribution is -0.150. The summed E-state index contributed by atoms with van der Waals surface area (Å²) >= 11 is 0. The van der Waals surface area contributed by atoms with E-state index in [2.05, 4.69) is 0 Å². The quantitative estimate of drug-likeness (QED) is 0.731. The Balaban J connectivity index is 1.95. The minimum Gasteiger partial charge on any atom is -0.497 e. The summed E-state index contributed by atoms with van der Waals surface area (Å²) in [4.78, 5) is 11.6. The van der Waals surface area contributed by atoms with Gasteiger partial charge in [-0.05, 0) is 36.6 Å². The van der Waals surface area contributed by atoms with E-state index in [0.29, 0.717) is 6.61 Å². The molecule has 2 N–H and O–H groups in total. The fourth-order valence-electron chi connectivity index (χ4n) is 2.60. The van der Waals surface area contributed by atoms with Gasteiger partial charge in [0.1, 0.15) is 5.75 Å². The standard InChI is InChI=1S/C20H24O5/c1-14(25-13-16-8-10-17(24-2)11-9-16)19(21)18(20(22)23)12-15-6-4-3-5-7-15/h3-11,14,18-19,21H,12-13H2,1-2H3,(H,22,23)/t14-,18+,19-/m0/s1. The highest BCUT2D eigenvalue weighted by atomic mass is 16.5. The number of benzene rings is 2. The van der Waals surface area contributed by atoms with Gasteiger partial charge in [-0.3, -0.25) is 4.79 Å². The number of aliphatic hydroxyl groups excluding tert-OH is 1. The Morgan fingerprint density at radius 3 is 2.24 bits per heavy atom. The Morgan fingerprint density at radius 2 is 1.68 bits per heavy atom. The third-order valence-electron chi connectivity index (χ3n) is 4.18. The van der Waals surface area contributed by atoms with Gasteiger partial charge in [0.2, 0.25) is 0 Å². The smallest absolute Gasteiger partial charge is 0.309 e. The zero-order valence-electron chi connectivity index (χ0n) is 14.5. The Bertz CT molecular complexity index is 654. The van der Waals surface area contributed by atoms with Crippen LogP contribution in [0.25, 0.3) is 0 Å². The van der Waals surface area contributed by atoms with Crippen LogP contribution in [0.3, 0.4) is 0 Å². The predicted octanol–water partition coefficient (Wildman–Crippen LogP) is 2.90. The van der Waals surface area contributed by atoms with E-state index in [1.807, 2.05) is 54.6 Å². The van der Waals surface area contributed by atoms with Gasteiger partial charge in [0.15, 0.2) is 0 Å². The van der Waals surface area contributed by atoms with Crippen LogP contribution in [0, 0.1) is 5.92 Å². The highest BCUT2D eigenvalue weighted by Gasteiger charge is 2.31. The van der Waals surface area contributed by atoms with Gasteiger partial charge in [-0.15, -0.1) is 0 Å². The minimum absolute atomic E-state index is 0.258. The van der Waals surface area contributed by atoms with Gasteiger partial charge in [0.05, 0.1) is 31.8 Å². The van der Waals surface area contributed by atoms with E-state index in [9.17, 15) is 15.0 Å². The lowest BCUT2D eigenvalue weighted by Crippen LogP contribution is -2.39. The molecule has 0 saturated carbocycles. The third kappa shape index (κ3) is 5.59. The molecule has 3 atom stereocenters. The van der Waals surface area contributed by atoms with Crippen LogP contribution in [0.15, 0.2) is 54.6 Å². The maximum absolute atomic E-state index is 11.6. The molecule has 0 radical (unpaired) electrons. The van der Waals surface area contributed by atoms with E-state index >= 15 is 0 Å². The van der Waals surface area contributed by atoms with E-state index in [1.165, 1.54) is 0 Å². The van der Waals surface area contributed by atoms with Crippen LogP contribution in [-0.4, -0.2) is 35.5 Å². The lowest BCUT2D eigenvalue weighted by atomic mass is 9.91. The van der Waals surface area contributed by atoms with E-state index in [1.54, 1.807) is 14.0 Å². The first-order valence-electron chi connectivity index (χ1n) is 8.20. The molecule has 0 aromatic heterocycles. The lowest BCUT2D eigenvalue weighted by Gasteiger charge is -2.25. The maximum atomic E-state index is 11.6. The Labute approximate surface area is 147 Å². The highest BCUT2D eigenvalue weighted by Crippen LogP contribution is 2.19.